The molecule has 1 aromatic heterocycles. The normalized spacial score (nSPS) is 24.0. The Labute approximate surface area is 136 Å². The van der Waals surface area contributed by atoms with Crippen molar-refractivity contribution < 1.29 is 14.6 Å². The number of ether oxygens (including phenoxy) is 1. The van der Waals surface area contributed by atoms with E-state index in [4.69, 9.17) is 4.74 Å². The molecule has 2 aromatic rings. The molecule has 5 heteroatoms. The van der Waals surface area contributed by atoms with Gasteiger partial charge < -0.3 is 14.8 Å². The van der Waals surface area contributed by atoms with Crippen LogP contribution in [-0.2, 0) is 16.8 Å². The van der Waals surface area contributed by atoms with Crippen LogP contribution >= 0.6 is 0 Å². The predicted molar refractivity (Wildman–Crippen MR) is 89.9 cm³/mol. The molecule has 0 radical (unpaired) electrons. The number of hydrogen-bond acceptors (Lipinski definition) is 3. The maximum atomic E-state index is 11.6. The Morgan fingerprint density at radius 3 is 2.83 bits per heavy atom. The van der Waals surface area contributed by atoms with Gasteiger partial charge in [-0.25, -0.2) is 0 Å². The Bertz CT molecular complexity index is 750. The summed E-state index contributed by atoms with van der Waals surface area (Å²) in [6, 6.07) is 5.35. The molecular formula is C18H24N2O3. The van der Waals surface area contributed by atoms with Crippen LogP contribution in [0.3, 0.4) is 0 Å². The third-order valence-corrected chi connectivity index (χ3v) is 4.68. The van der Waals surface area contributed by atoms with Crippen molar-refractivity contribution in [3.05, 3.63) is 29.5 Å². The van der Waals surface area contributed by atoms with Gasteiger partial charge in [-0.05, 0) is 37.0 Å². The van der Waals surface area contributed by atoms with Crippen LogP contribution in [0.2, 0.25) is 0 Å². The molecule has 2 atom stereocenters. The molecule has 0 saturated heterocycles. The fourth-order valence-corrected chi connectivity index (χ4v) is 3.88. The zero-order chi connectivity index (χ0) is 16.8. The summed E-state index contributed by atoms with van der Waals surface area (Å²) in [6.45, 7) is 6.40. The van der Waals surface area contributed by atoms with Gasteiger partial charge in [-0.3, -0.25) is 10.1 Å². The Morgan fingerprint density at radius 2 is 2.22 bits per heavy atom. The molecule has 5 nitrogen and oxygen atoms in total. The van der Waals surface area contributed by atoms with E-state index in [2.05, 4.69) is 31.1 Å². The lowest BCUT2D eigenvalue weighted by Gasteiger charge is -2.39. The summed E-state index contributed by atoms with van der Waals surface area (Å²) in [5.74, 6) is 0.451. The van der Waals surface area contributed by atoms with E-state index in [1.165, 1.54) is 0 Å². The van der Waals surface area contributed by atoms with Crippen LogP contribution in [0, 0.1) is 5.92 Å². The van der Waals surface area contributed by atoms with Gasteiger partial charge in [0.1, 0.15) is 11.8 Å². The molecule has 2 heterocycles. The van der Waals surface area contributed by atoms with Gasteiger partial charge in [-0.15, -0.1) is 0 Å². The van der Waals surface area contributed by atoms with Gasteiger partial charge in [0.2, 0.25) is 0 Å². The van der Waals surface area contributed by atoms with Gasteiger partial charge in [0.05, 0.1) is 12.6 Å². The summed E-state index contributed by atoms with van der Waals surface area (Å²) in [4.78, 5) is 15.1. The van der Waals surface area contributed by atoms with E-state index in [0.717, 1.165) is 34.3 Å². The number of aromatic nitrogens is 1. The van der Waals surface area contributed by atoms with Crippen molar-refractivity contribution in [2.24, 2.45) is 5.92 Å². The first-order valence-corrected chi connectivity index (χ1v) is 8.03. The number of H-pyrrole nitrogens is 1. The maximum Gasteiger partial charge on any atom is 0.321 e. The summed E-state index contributed by atoms with van der Waals surface area (Å²) < 4.78 is 5.30. The summed E-state index contributed by atoms with van der Waals surface area (Å²) in [5.41, 5.74) is 2.83. The van der Waals surface area contributed by atoms with E-state index in [1.807, 2.05) is 18.2 Å². The minimum absolute atomic E-state index is 0.378. The Morgan fingerprint density at radius 1 is 1.48 bits per heavy atom. The van der Waals surface area contributed by atoms with Gasteiger partial charge >= 0.3 is 5.97 Å². The summed E-state index contributed by atoms with van der Waals surface area (Å²) >= 11 is 0. The topological polar surface area (TPSA) is 74.3 Å². The molecule has 0 bridgehead atoms. The predicted octanol–water partition coefficient (Wildman–Crippen LogP) is 3.04. The number of rotatable bonds is 4. The number of benzene rings is 1. The number of carbonyl (C=O) groups is 1. The second-order valence-corrected chi connectivity index (χ2v) is 7.06. The molecule has 124 valence electrons. The summed E-state index contributed by atoms with van der Waals surface area (Å²) in [6.07, 6.45) is 1.36. The SMILES string of the molecule is COc1ccc2c3c([nH]c2c1)[C@](C)(CC(C)C)N[C@H](C(=O)O)C3. The average Bonchev–Trinajstić information content (AvgIpc) is 2.85. The Hall–Kier alpha value is -2.01. The van der Waals surface area contributed by atoms with Gasteiger partial charge in [0, 0.05) is 29.1 Å². The molecule has 3 rings (SSSR count). The van der Waals surface area contributed by atoms with E-state index in [0.29, 0.717) is 12.3 Å². The quantitative estimate of drug-likeness (QED) is 0.810. The summed E-state index contributed by atoms with van der Waals surface area (Å²) in [7, 11) is 1.65. The van der Waals surface area contributed by atoms with E-state index in [1.54, 1.807) is 7.11 Å². The highest BCUT2D eigenvalue weighted by Gasteiger charge is 2.41. The third kappa shape index (κ3) is 2.70. The first-order valence-electron chi connectivity index (χ1n) is 8.03. The number of methoxy groups -OCH3 is 1. The van der Waals surface area contributed by atoms with E-state index < -0.39 is 12.0 Å². The first kappa shape index (κ1) is 15.9. The summed E-state index contributed by atoms with van der Waals surface area (Å²) in [5, 5.41) is 14.0. The van der Waals surface area contributed by atoms with Crippen molar-refractivity contribution in [3.8, 4) is 5.75 Å². The number of aromatic amines is 1. The van der Waals surface area contributed by atoms with Crippen molar-refractivity contribution in [3.63, 3.8) is 0 Å². The molecule has 1 aromatic carbocycles. The largest absolute Gasteiger partial charge is 0.497 e. The first-order chi connectivity index (χ1) is 10.8. The van der Waals surface area contributed by atoms with Crippen LogP contribution in [0.4, 0.5) is 0 Å². The van der Waals surface area contributed by atoms with Crippen molar-refractivity contribution in [1.82, 2.24) is 10.3 Å². The second kappa shape index (κ2) is 5.57. The molecule has 3 N–H and O–H groups in total. The zero-order valence-electron chi connectivity index (χ0n) is 14.1. The average molecular weight is 316 g/mol. The molecule has 23 heavy (non-hydrogen) atoms. The fraction of sp³-hybridized carbons (Fsp3) is 0.500. The maximum absolute atomic E-state index is 11.6. The number of carboxylic acid groups (broad SMARTS) is 1. The molecule has 0 unspecified atom stereocenters. The van der Waals surface area contributed by atoms with E-state index in [-0.39, 0.29) is 5.54 Å². The van der Waals surface area contributed by atoms with Gasteiger partial charge in [0.15, 0.2) is 0 Å². The molecule has 1 aliphatic rings. The number of carboxylic acids is 1. The minimum Gasteiger partial charge on any atom is -0.497 e. The van der Waals surface area contributed by atoms with Crippen LogP contribution < -0.4 is 10.1 Å². The lowest BCUT2D eigenvalue weighted by atomic mass is 9.80. The highest BCUT2D eigenvalue weighted by molar-refractivity contribution is 5.88. The lowest BCUT2D eigenvalue weighted by molar-refractivity contribution is -0.140. The van der Waals surface area contributed by atoms with Gasteiger partial charge in [-0.2, -0.15) is 0 Å². The molecule has 1 aliphatic heterocycles. The molecule has 0 spiro atoms. The van der Waals surface area contributed by atoms with Crippen molar-refractivity contribution in [2.75, 3.05) is 7.11 Å². The van der Waals surface area contributed by atoms with Crippen molar-refractivity contribution >= 4 is 16.9 Å². The van der Waals surface area contributed by atoms with Crippen LogP contribution in [0.5, 0.6) is 5.75 Å². The van der Waals surface area contributed by atoms with Gasteiger partial charge in [0.25, 0.3) is 0 Å². The molecule has 0 fully saturated rings. The van der Waals surface area contributed by atoms with E-state index >= 15 is 0 Å². The number of fused-ring (bicyclic) bond motifs is 3. The van der Waals surface area contributed by atoms with Crippen LogP contribution in [0.1, 0.15) is 38.4 Å². The highest BCUT2D eigenvalue weighted by Crippen LogP contribution is 2.39. The zero-order valence-corrected chi connectivity index (χ0v) is 14.1. The molecule has 0 amide bonds. The van der Waals surface area contributed by atoms with E-state index in [9.17, 15) is 9.90 Å². The Balaban J connectivity index is 2.17. The monoisotopic (exact) mass is 316 g/mol. The van der Waals surface area contributed by atoms with Crippen molar-refractivity contribution in [1.29, 1.82) is 0 Å². The molecular weight excluding hydrogens is 292 g/mol. The minimum atomic E-state index is -0.798. The smallest absolute Gasteiger partial charge is 0.321 e. The second-order valence-electron chi connectivity index (χ2n) is 7.06. The third-order valence-electron chi connectivity index (χ3n) is 4.68. The molecule has 0 aliphatic carbocycles. The number of hydrogen-bond donors (Lipinski definition) is 3. The lowest BCUT2D eigenvalue weighted by Crippen LogP contribution is -2.54. The van der Waals surface area contributed by atoms with Crippen LogP contribution in [-0.4, -0.2) is 29.2 Å². The van der Waals surface area contributed by atoms with Crippen molar-refractivity contribution in [2.45, 2.75) is 45.2 Å². The number of aliphatic carboxylic acids is 1. The Kier molecular flexibility index (Phi) is 3.84. The van der Waals surface area contributed by atoms with Gasteiger partial charge in [-0.1, -0.05) is 13.8 Å². The standard InChI is InChI=1S/C18H24N2O3/c1-10(2)9-18(3)16-13(8-15(20-18)17(21)22)12-6-5-11(23-4)7-14(12)19-16/h5-7,10,15,19-20H,8-9H2,1-4H3,(H,21,22)/t15-,18-/m0/s1. The van der Waals surface area contributed by atoms with Crippen LogP contribution in [0.25, 0.3) is 10.9 Å². The molecule has 0 saturated carbocycles. The number of nitrogens with one attached hydrogen (secondary N) is 2. The fourth-order valence-electron chi connectivity index (χ4n) is 3.88. The van der Waals surface area contributed by atoms with Crippen LogP contribution in [0.15, 0.2) is 18.2 Å². The highest BCUT2D eigenvalue weighted by atomic mass is 16.5.